The predicted molar refractivity (Wildman–Crippen MR) is 103 cm³/mol. The van der Waals surface area contributed by atoms with Gasteiger partial charge in [-0.1, -0.05) is 30.9 Å². The lowest BCUT2D eigenvalue weighted by molar-refractivity contribution is -0.138. The molecule has 1 aliphatic carbocycles. The molecule has 7 heteroatoms. The Labute approximate surface area is 161 Å². The average molecular weight is 399 g/mol. The van der Waals surface area contributed by atoms with Crippen molar-refractivity contribution in [1.82, 2.24) is 9.21 Å². The molecule has 3 rings (SSSR count). The van der Waals surface area contributed by atoms with Crippen LogP contribution in [0.4, 0.5) is 0 Å². The Bertz CT molecular complexity index is 730. The maximum absolute atomic E-state index is 12.9. The summed E-state index contributed by atoms with van der Waals surface area (Å²) in [7, 11) is -1.71. The first-order valence-electron chi connectivity index (χ1n) is 9.42. The van der Waals surface area contributed by atoms with Gasteiger partial charge in [-0.2, -0.15) is 4.31 Å². The molecule has 1 aromatic carbocycles. The Morgan fingerprint density at radius 2 is 1.73 bits per heavy atom. The molecule has 0 aromatic heterocycles. The molecule has 26 heavy (non-hydrogen) atoms. The number of nitrogens with zero attached hydrogens (tertiary/aromatic N) is 2. The highest BCUT2D eigenvalue weighted by atomic mass is 35.5. The van der Waals surface area contributed by atoms with Crippen molar-refractivity contribution in [2.45, 2.75) is 55.9 Å². The van der Waals surface area contributed by atoms with Crippen molar-refractivity contribution in [3.05, 3.63) is 29.3 Å². The highest BCUT2D eigenvalue weighted by molar-refractivity contribution is 7.89. The number of carbonyl (C=O) groups is 1. The van der Waals surface area contributed by atoms with Crippen molar-refractivity contribution in [3.8, 4) is 0 Å². The Kier molecular flexibility index (Phi) is 6.25. The molecular formula is C19H27ClN2O3S. The first-order chi connectivity index (χ1) is 12.4. The van der Waals surface area contributed by atoms with Crippen molar-refractivity contribution in [2.24, 2.45) is 5.92 Å². The van der Waals surface area contributed by atoms with E-state index < -0.39 is 10.0 Å². The van der Waals surface area contributed by atoms with Crippen LogP contribution < -0.4 is 0 Å². The number of halogens is 1. The minimum atomic E-state index is -3.59. The number of amides is 1. The Morgan fingerprint density at radius 3 is 2.38 bits per heavy atom. The van der Waals surface area contributed by atoms with E-state index in [4.69, 9.17) is 11.6 Å². The summed E-state index contributed by atoms with van der Waals surface area (Å²) in [5, 5.41) is 0.504. The van der Waals surface area contributed by atoms with E-state index >= 15 is 0 Å². The van der Waals surface area contributed by atoms with Crippen LogP contribution in [-0.4, -0.2) is 49.7 Å². The molecule has 2 aliphatic rings. The van der Waals surface area contributed by atoms with Gasteiger partial charge in [0.1, 0.15) is 0 Å². The number of sulfonamides is 1. The van der Waals surface area contributed by atoms with E-state index in [-0.39, 0.29) is 23.3 Å². The van der Waals surface area contributed by atoms with E-state index in [1.54, 1.807) is 12.1 Å². The molecule has 0 spiro atoms. The van der Waals surface area contributed by atoms with Crippen molar-refractivity contribution in [3.63, 3.8) is 0 Å². The zero-order valence-corrected chi connectivity index (χ0v) is 16.8. The van der Waals surface area contributed by atoms with Crippen molar-refractivity contribution in [2.75, 3.05) is 20.1 Å². The summed E-state index contributed by atoms with van der Waals surface area (Å²) >= 11 is 5.86. The third kappa shape index (κ3) is 4.24. The minimum absolute atomic E-state index is 0.0907. The predicted octanol–water partition coefficient (Wildman–Crippen LogP) is 3.53. The Hall–Kier alpha value is -1.11. The zero-order chi connectivity index (χ0) is 18.7. The molecule has 2 fully saturated rings. The average Bonchev–Trinajstić information content (AvgIpc) is 2.68. The van der Waals surface area contributed by atoms with Crippen LogP contribution in [0.15, 0.2) is 29.2 Å². The molecule has 1 saturated carbocycles. The fourth-order valence-corrected chi connectivity index (χ4v) is 5.70. The molecule has 1 amide bonds. The SMILES string of the molecule is CN(C(=O)[C@@H]1CCCN(S(=O)(=O)c2ccc(Cl)cc2)C1)C1CCCCC1. The van der Waals surface area contributed by atoms with Gasteiger partial charge in [-0.3, -0.25) is 4.79 Å². The van der Waals surface area contributed by atoms with Crippen molar-refractivity contribution >= 4 is 27.5 Å². The van der Waals surface area contributed by atoms with Crippen molar-refractivity contribution < 1.29 is 13.2 Å². The molecule has 0 radical (unpaired) electrons. The highest BCUT2D eigenvalue weighted by Crippen LogP contribution is 2.28. The smallest absolute Gasteiger partial charge is 0.243 e. The number of rotatable bonds is 4. The number of carbonyl (C=O) groups excluding carboxylic acids is 1. The van der Waals surface area contributed by atoms with Crippen LogP contribution in [0.3, 0.4) is 0 Å². The number of benzene rings is 1. The molecule has 144 valence electrons. The number of piperidine rings is 1. The monoisotopic (exact) mass is 398 g/mol. The molecule has 1 aromatic rings. The number of hydrogen-bond acceptors (Lipinski definition) is 3. The van der Waals surface area contributed by atoms with Gasteiger partial charge < -0.3 is 4.90 Å². The van der Waals surface area contributed by atoms with Crippen LogP contribution >= 0.6 is 11.6 Å². The second-order valence-electron chi connectivity index (χ2n) is 7.40. The fourth-order valence-electron chi connectivity index (χ4n) is 4.05. The molecule has 0 bridgehead atoms. The van der Waals surface area contributed by atoms with Gasteiger partial charge in [0.2, 0.25) is 15.9 Å². The summed E-state index contributed by atoms with van der Waals surface area (Å²) in [5.41, 5.74) is 0. The van der Waals surface area contributed by atoms with Crippen LogP contribution in [0.2, 0.25) is 5.02 Å². The molecule has 1 heterocycles. The molecule has 1 aliphatic heterocycles. The summed E-state index contributed by atoms with van der Waals surface area (Å²) in [5.74, 6) is -0.161. The van der Waals surface area contributed by atoms with Gasteiger partial charge in [0.15, 0.2) is 0 Å². The largest absolute Gasteiger partial charge is 0.342 e. The maximum Gasteiger partial charge on any atom is 0.243 e. The second kappa shape index (κ2) is 8.28. The molecule has 0 N–H and O–H groups in total. The molecule has 1 atom stereocenters. The lowest BCUT2D eigenvalue weighted by Gasteiger charge is -2.37. The Balaban J connectivity index is 1.70. The maximum atomic E-state index is 12.9. The fraction of sp³-hybridized carbons (Fsp3) is 0.632. The van der Waals surface area contributed by atoms with Gasteiger partial charge in [0, 0.05) is 31.2 Å². The first kappa shape index (κ1) is 19.6. The van der Waals surface area contributed by atoms with Crippen LogP contribution in [0, 0.1) is 5.92 Å². The van der Waals surface area contributed by atoms with E-state index in [2.05, 4.69) is 0 Å². The lowest BCUT2D eigenvalue weighted by atomic mass is 9.92. The quantitative estimate of drug-likeness (QED) is 0.779. The third-order valence-corrected chi connectivity index (χ3v) is 7.79. The lowest BCUT2D eigenvalue weighted by Crippen LogP contribution is -2.48. The van der Waals surface area contributed by atoms with Gasteiger partial charge in [0.25, 0.3) is 0 Å². The van der Waals surface area contributed by atoms with Crippen LogP contribution in [0.1, 0.15) is 44.9 Å². The van der Waals surface area contributed by atoms with Crippen LogP contribution in [0.25, 0.3) is 0 Å². The van der Waals surface area contributed by atoms with E-state index in [1.165, 1.54) is 35.7 Å². The summed E-state index contributed by atoms with van der Waals surface area (Å²) in [6.45, 7) is 0.725. The van der Waals surface area contributed by atoms with E-state index in [0.717, 1.165) is 19.3 Å². The standard InChI is InChI=1S/C19H27ClN2O3S/c1-21(17-7-3-2-4-8-17)19(23)15-6-5-13-22(14-15)26(24,25)18-11-9-16(20)10-12-18/h9-12,15,17H,2-8,13-14H2,1H3/t15-/m1/s1. The molecule has 0 unspecified atom stereocenters. The summed E-state index contributed by atoms with van der Waals surface area (Å²) in [6.07, 6.45) is 7.16. The van der Waals surface area contributed by atoms with Crippen LogP contribution in [-0.2, 0) is 14.8 Å². The van der Waals surface area contributed by atoms with Gasteiger partial charge >= 0.3 is 0 Å². The molecule has 5 nitrogen and oxygen atoms in total. The zero-order valence-electron chi connectivity index (χ0n) is 15.2. The van der Waals surface area contributed by atoms with Gasteiger partial charge in [-0.25, -0.2) is 8.42 Å². The summed E-state index contributed by atoms with van der Waals surface area (Å²) < 4.78 is 27.2. The number of hydrogen-bond donors (Lipinski definition) is 0. The Morgan fingerprint density at radius 1 is 1.08 bits per heavy atom. The second-order valence-corrected chi connectivity index (χ2v) is 9.77. The highest BCUT2D eigenvalue weighted by Gasteiger charge is 2.35. The summed E-state index contributed by atoms with van der Waals surface area (Å²) in [6, 6.07) is 6.52. The normalized spacial score (nSPS) is 22.9. The molecular weight excluding hydrogens is 372 g/mol. The van der Waals surface area contributed by atoms with E-state index in [1.807, 2.05) is 11.9 Å². The minimum Gasteiger partial charge on any atom is -0.342 e. The van der Waals surface area contributed by atoms with Gasteiger partial charge in [0.05, 0.1) is 10.8 Å². The molecule has 1 saturated heterocycles. The summed E-state index contributed by atoms with van der Waals surface area (Å²) in [4.78, 5) is 15.0. The van der Waals surface area contributed by atoms with Gasteiger partial charge in [-0.05, 0) is 49.9 Å². The van der Waals surface area contributed by atoms with E-state index in [0.29, 0.717) is 24.0 Å². The van der Waals surface area contributed by atoms with Gasteiger partial charge in [-0.15, -0.1) is 0 Å². The first-order valence-corrected chi connectivity index (χ1v) is 11.2. The topological polar surface area (TPSA) is 57.7 Å². The van der Waals surface area contributed by atoms with E-state index in [9.17, 15) is 13.2 Å². The third-order valence-electron chi connectivity index (χ3n) is 5.65. The van der Waals surface area contributed by atoms with Crippen LogP contribution in [0.5, 0.6) is 0 Å². The van der Waals surface area contributed by atoms with Crippen molar-refractivity contribution in [1.29, 1.82) is 0 Å².